The van der Waals surface area contributed by atoms with Crippen LogP contribution >= 0.6 is 24.0 Å². The number of carbonyl (C=O) groups is 1. The van der Waals surface area contributed by atoms with E-state index in [1.165, 1.54) is 0 Å². The van der Waals surface area contributed by atoms with E-state index in [2.05, 4.69) is 22.3 Å². The minimum Gasteiger partial charge on any atom is -0.381 e. The van der Waals surface area contributed by atoms with Gasteiger partial charge < -0.3 is 19.9 Å². The fourth-order valence-corrected chi connectivity index (χ4v) is 2.73. The number of ether oxygens (including phenoxy) is 1. The van der Waals surface area contributed by atoms with Crippen LogP contribution in [0.3, 0.4) is 0 Å². The molecule has 1 amide bonds. The molecule has 8 nitrogen and oxygen atoms in total. The molecule has 9 heteroatoms. The summed E-state index contributed by atoms with van der Waals surface area (Å²) in [5.41, 5.74) is 0.847. The summed E-state index contributed by atoms with van der Waals surface area (Å²) < 4.78 is 7.26. The molecule has 1 fully saturated rings. The van der Waals surface area contributed by atoms with Gasteiger partial charge in [-0.1, -0.05) is 13.3 Å². The Morgan fingerprint density at radius 2 is 2.12 bits per heavy atom. The number of aromatic nitrogens is 2. The van der Waals surface area contributed by atoms with Gasteiger partial charge in [-0.15, -0.1) is 24.0 Å². The average molecular weight is 478 g/mol. The molecule has 2 rings (SSSR count). The molecule has 148 valence electrons. The number of halogens is 1. The Hall–Kier alpha value is -1.36. The summed E-state index contributed by atoms with van der Waals surface area (Å²) in [5, 5.41) is 7.45. The molecule has 0 radical (unpaired) electrons. The summed E-state index contributed by atoms with van der Waals surface area (Å²) in [6.07, 6.45) is 6.77. The normalized spacial score (nSPS) is 15.2. The summed E-state index contributed by atoms with van der Waals surface area (Å²) in [5.74, 6) is 0.831. The Balaban J connectivity index is 0.00000338. The van der Waals surface area contributed by atoms with E-state index in [1.54, 1.807) is 22.8 Å². The third-order valence-electron chi connectivity index (χ3n) is 4.13. The van der Waals surface area contributed by atoms with Crippen molar-refractivity contribution in [1.82, 2.24) is 20.0 Å². The molecule has 1 saturated heterocycles. The van der Waals surface area contributed by atoms with E-state index in [0.717, 1.165) is 57.2 Å². The molecule has 1 aliphatic rings. The number of aliphatic imine (C=N–C) groups is 1. The van der Waals surface area contributed by atoms with Crippen molar-refractivity contribution >= 4 is 41.5 Å². The maximum atomic E-state index is 12.5. The van der Waals surface area contributed by atoms with E-state index in [4.69, 9.17) is 4.74 Å². The predicted octanol–water partition coefficient (Wildman–Crippen LogP) is 1.47. The van der Waals surface area contributed by atoms with Gasteiger partial charge in [-0.3, -0.25) is 14.5 Å². The van der Waals surface area contributed by atoms with Crippen LogP contribution in [0.5, 0.6) is 0 Å². The summed E-state index contributed by atoms with van der Waals surface area (Å²) >= 11 is 0. The van der Waals surface area contributed by atoms with E-state index in [1.807, 2.05) is 18.1 Å². The molecule has 0 unspecified atom stereocenters. The highest BCUT2D eigenvalue weighted by atomic mass is 127. The number of hydrogen-bond donors (Lipinski definition) is 1. The molecule has 0 bridgehead atoms. The maximum absolute atomic E-state index is 12.5. The largest absolute Gasteiger partial charge is 0.381 e. The van der Waals surface area contributed by atoms with Gasteiger partial charge in [0, 0.05) is 53.1 Å². The Bertz CT molecular complexity index is 577. The van der Waals surface area contributed by atoms with Crippen LogP contribution in [0.2, 0.25) is 0 Å². The number of anilines is 1. The quantitative estimate of drug-likeness (QED) is 0.265. The number of nitrogens with one attached hydrogen (secondary N) is 1. The van der Waals surface area contributed by atoms with Crippen molar-refractivity contribution < 1.29 is 9.53 Å². The summed E-state index contributed by atoms with van der Waals surface area (Å²) in [6, 6.07) is 0. The molecule has 0 saturated carbocycles. The monoisotopic (exact) mass is 478 g/mol. The molecule has 0 aliphatic carbocycles. The fraction of sp³-hybridized carbons (Fsp3) is 0.706. The lowest BCUT2D eigenvalue weighted by Crippen LogP contribution is -2.55. The molecular weight excluding hydrogens is 447 g/mol. The van der Waals surface area contributed by atoms with Crippen LogP contribution < -0.4 is 10.2 Å². The molecule has 1 aliphatic heterocycles. The molecule has 26 heavy (non-hydrogen) atoms. The first-order valence-electron chi connectivity index (χ1n) is 8.98. The van der Waals surface area contributed by atoms with Crippen molar-refractivity contribution in [2.24, 2.45) is 12.0 Å². The second kappa shape index (κ2) is 12.1. The number of nitrogens with zero attached hydrogens (tertiary/aromatic N) is 5. The Morgan fingerprint density at radius 1 is 1.35 bits per heavy atom. The number of hydrogen-bond acceptors (Lipinski definition) is 4. The van der Waals surface area contributed by atoms with Gasteiger partial charge >= 0.3 is 0 Å². The SMILES string of the molecule is CCCCOCCCNC(=NC)N1CCN(c2cnn(C)c2)C(=O)C1.I. The van der Waals surface area contributed by atoms with E-state index in [9.17, 15) is 4.79 Å². The van der Waals surface area contributed by atoms with Crippen LogP contribution in [0.25, 0.3) is 0 Å². The van der Waals surface area contributed by atoms with Gasteiger partial charge in [0.1, 0.15) is 6.54 Å². The summed E-state index contributed by atoms with van der Waals surface area (Å²) in [6.45, 7) is 6.22. The fourth-order valence-electron chi connectivity index (χ4n) is 2.73. The Labute approximate surface area is 173 Å². The number of unbranched alkanes of at least 4 members (excludes halogenated alkanes) is 1. The van der Waals surface area contributed by atoms with Crippen LogP contribution in [0.15, 0.2) is 17.4 Å². The lowest BCUT2D eigenvalue weighted by Gasteiger charge is -2.35. The van der Waals surface area contributed by atoms with Crippen LogP contribution in [-0.4, -0.2) is 73.0 Å². The van der Waals surface area contributed by atoms with E-state index in [0.29, 0.717) is 13.1 Å². The lowest BCUT2D eigenvalue weighted by atomic mass is 10.3. The zero-order chi connectivity index (χ0) is 18.1. The number of aryl methyl sites for hydroxylation is 1. The van der Waals surface area contributed by atoms with E-state index >= 15 is 0 Å². The topological polar surface area (TPSA) is 75.0 Å². The molecule has 0 spiro atoms. The number of piperazine rings is 1. The molecule has 0 aromatic carbocycles. The number of rotatable bonds is 8. The highest BCUT2D eigenvalue weighted by Crippen LogP contribution is 2.15. The third-order valence-corrected chi connectivity index (χ3v) is 4.13. The van der Waals surface area contributed by atoms with Gasteiger partial charge in [0.15, 0.2) is 5.96 Å². The van der Waals surface area contributed by atoms with Crippen molar-refractivity contribution in [1.29, 1.82) is 0 Å². The first-order valence-corrected chi connectivity index (χ1v) is 8.98. The van der Waals surface area contributed by atoms with E-state index in [-0.39, 0.29) is 29.9 Å². The zero-order valence-electron chi connectivity index (χ0n) is 16.0. The number of guanidine groups is 1. The maximum Gasteiger partial charge on any atom is 0.246 e. The second-order valence-electron chi connectivity index (χ2n) is 6.13. The Kier molecular flexibility index (Phi) is 10.6. The van der Waals surface area contributed by atoms with Gasteiger partial charge in [0.05, 0.1) is 11.9 Å². The number of amides is 1. The summed E-state index contributed by atoms with van der Waals surface area (Å²) in [4.78, 5) is 20.5. The summed E-state index contributed by atoms with van der Waals surface area (Å²) in [7, 11) is 3.60. The van der Waals surface area contributed by atoms with Gasteiger partial charge in [-0.2, -0.15) is 5.10 Å². The minimum atomic E-state index is 0. The van der Waals surface area contributed by atoms with E-state index < -0.39 is 0 Å². The number of carbonyl (C=O) groups excluding carboxylic acids is 1. The Morgan fingerprint density at radius 3 is 2.73 bits per heavy atom. The molecule has 1 aromatic rings. The molecule has 2 heterocycles. The molecular formula is C17H31IN6O2. The highest BCUT2D eigenvalue weighted by Gasteiger charge is 2.27. The van der Waals surface area contributed by atoms with Crippen molar-refractivity contribution in [2.45, 2.75) is 26.2 Å². The lowest BCUT2D eigenvalue weighted by molar-refractivity contribution is -0.120. The predicted molar refractivity (Wildman–Crippen MR) is 114 cm³/mol. The second-order valence-corrected chi connectivity index (χ2v) is 6.13. The van der Waals surface area contributed by atoms with Gasteiger partial charge in [0.25, 0.3) is 0 Å². The van der Waals surface area contributed by atoms with Crippen LogP contribution in [0, 0.1) is 0 Å². The average Bonchev–Trinajstić information content (AvgIpc) is 3.03. The van der Waals surface area contributed by atoms with Crippen molar-refractivity contribution in [3.05, 3.63) is 12.4 Å². The van der Waals surface area contributed by atoms with Gasteiger partial charge in [0.2, 0.25) is 5.91 Å². The smallest absolute Gasteiger partial charge is 0.246 e. The molecule has 0 atom stereocenters. The zero-order valence-corrected chi connectivity index (χ0v) is 18.3. The van der Waals surface area contributed by atoms with Crippen molar-refractivity contribution in [3.63, 3.8) is 0 Å². The van der Waals surface area contributed by atoms with Crippen LogP contribution in [0.1, 0.15) is 26.2 Å². The van der Waals surface area contributed by atoms with Gasteiger partial charge in [-0.05, 0) is 12.8 Å². The van der Waals surface area contributed by atoms with Crippen molar-refractivity contribution in [2.75, 3.05) is 51.3 Å². The first-order chi connectivity index (χ1) is 12.2. The first kappa shape index (κ1) is 22.7. The standard InChI is InChI=1S/C17H30N6O2.HI/c1-4-5-10-25-11-6-7-19-17(18-2)22-8-9-23(16(24)14-22)15-12-20-21(3)13-15;/h12-13H,4-11,14H2,1-3H3,(H,18,19);1H. The van der Waals surface area contributed by atoms with Crippen LogP contribution in [0.4, 0.5) is 5.69 Å². The van der Waals surface area contributed by atoms with Crippen LogP contribution in [-0.2, 0) is 16.6 Å². The van der Waals surface area contributed by atoms with Gasteiger partial charge in [-0.25, -0.2) is 0 Å². The minimum absolute atomic E-state index is 0. The molecule has 1 N–H and O–H groups in total. The molecule has 1 aromatic heterocycles. The highest BCUT2D eigenvalue weighted by molar-refractivity contribution is 14.0. The third kappa shape index (κ3) is 6.75. The van der Waals surface area contributed by atoms with Crippen molar-refractivity contribution in [3.8, 4) is 0 Å².